The first-order valence-corrected chi connectivity index (χ1v) is 11.9. The number of fused-ring (bicyclic) bond motifs is 1. The number of nitrogens with two attached hydrogens (primary N) is 1. The van der Waals surface area contributed by atoms with E-state index in [0.29, 0.717) is 10.6 Å². The highest BCUT2D eigenvalue weighted by atomic mass is 32.2. The van der Waals surface area contributed by atoms with Gasteiger partial charge in [-0.2, -0.15) is 5.26 Å². The zero-order chi connectivity index (χ0) is 21.0. The Bertz CT molecular complexity index is 1040. The van der Waals surface area contributed by atoms with Crippen LogP contribution in [0.3, 0.4) is 0 Å². The normalized spacial score (nSPS) is 15.1. The number of nitrogens with zero attached hydrogens (tertiary/aromatic N) is 1. The number of amides is 1. The van der Waals surface area contributed by atoms with Crippen LogP contribution in [0.4, 0.5) is 5.00 Å². The molecule has 1 aromatic heterocycles. The summed E-state index contributed by atoms with van der Waals surface area (Å²) in [6, 6.07) is 8.32. The predicted octanol–water partition coefficient (Wildman–Crippen LogP) is 2.83. The highest BCUT2D eigenvalue weighted by Gasteiger charge is 2.21. The number of rotatable bonds is 6. The van der Waals surface area contributed by atoms with E-state index in [1.165, 1.54) is 34.8 Å². The molecule has 1 amide bonds. The lowest BCUT2D eigenvalue weighted by Crippen LogP contribution is -2.30. The molecule has 0 radical (unpaired) electrons. The molecule has 1 aromatic carbocycles. The van der Waals surface area contributed by atoms with Crippen LogP contribution in [-0.2, 0) is 27.7 Å². The quantitative estimate of drug-likeness (QED) is 0.605. The monoisotopic (exact) mass is 432 g/mol. The molecule has 0 saturated heterocycles. The van der Waals surface area contributed by atoms with Gasteiger partial charge in [0.2, 0.25) is 15.9 Å². The number of nitrogens with one attached hydrogen (secondary N) is 2. The number of primary sulfonamides is 1. The van der Waals surface area contributed by atoms with Crippen LogP contribution in [-0.4, -0.2) is 20.9 Å². The number of anilines is 1. The van der Waals surface area contributed by atoms with Gasteiger partial charge in [0, 0.05) is 10.9 Å². The Morgan fingerprint density at radius 2 is 1.93 bits per heavy atom. The lowest BCUT2D eigenvalue weighted by molar-refractivity contribution is -0.115. The topological polar surface area (TPSA) is 125 Å². The Labute approximate surface area is 175 Å². The van der Waals surface area contributed by atoms with Gasteiger partial charge in [0.05, 0.1) is 17.0 Å². The summed E-state index contributed by atoms with van der Waals surface area (Å²) in [6.45, 7) is 1.96. The number of hydrogen-bond acceptors (Lipinski definition) is 6. The summed E-state index contributed by atoms with van der Waals surface area (Å²) in [7, 11) is -3.73. The minimum Gasteiger partial charge on any atom is -0.315 e. The van der Waals surface area contributed by atoms with Crippen molar-refractivity contribution in [2.24, 2.45) is 5.14 Å². The van der Waals surface area contributed by atoms with Crippen LogP contribution in [0, 0.1) is 11.3 Å². The average molecular weight is 433 g/mol. The van der Waals surface area contributed by atoms with Crippen molar-refractivity contribution in [3.8, 4) is 6.07 Å². The van der Waals surface area contributed by atoms with Crippen molar-refractivity contribution in [2.75, 3.05) is 11.9 Å². The highest BCUT2D eigenvalue weighted by molar-refractivity contribution is 7.89. The van der Waals surface area contributed by atoms with E-state index in [0.717, 1.165) is 36.8 Å². The first-order valence-electron chi connectivity index (χ1n) is 9.50. The maximum atomic E-state index is 12.4. The molecular formula is C20H24N4O3S2. The fourth-order valence-corrected chi connectivity index (χ4v) is 5.20. The third kappa shape index (κ3) is 5.22. The Balaban J connectivity index is 1.61. The Kier molecular flexibility index (Phi) is 6.70. The van der Waals surface area contributed by atoms with E-state index in [9.17, 15) is 18.5 Å². The molecule has 29 heavy (non-hydrogen) atoms. The predicted molar refractivity (Wildman–Crippen MR) is 113 cm³/mol. The number of carbonyl (C=O) groups excluding carboxylic acids is 1. The van der Waals surface area contributed by atoms with E-state index in [4.69, 9.17) is 5.14 Å². The van der Waals surface area contributed by atoms with Gasteiger partial charge in [0.15, 0.2) is 0 Å². The van der Waals surface area contributed by atoms with E-state index in [1.54, 1.807) is 12.1 Å². The maximum Gasteiger partial charge on any atom is 0.238 e. The van der Waals surface area contributed by atoms with E-state index in [2.05, 4.69) is 16.7 Å². The largest absolute Gasteiger partial charge is 0.315 e. The second kappa shape index (κ2) is 9.05. The van der Waals surface area contributed by atoms with E-state index < -0.39 is 10.0 Å². The molecular weight excluding hydrogens is 408 g/mol. The van der Waals surface area contributed by atoms with Crippen LogP contribution in [0.2, 0.25) is 0 Å². The molecule has 2 aromatic rings. The van der Waals surface area contributed by atoms with Gasteiger partial charge in [-0.05, 0) is 55.9 Å². The van der Waals surface area contributed by atoms with Crippen LogP contribution >= 0.6 is 11.3 Å². The molecule has 154 valence electrons. The minimum absolute atomic E-state index is 0.0488. The van der Waals surface area contributed by atoms with Crippen LogP contribution < -0.4 is 15.8 Å². The molecule has 0 aliphatic heterocycles. The standard InChI is InChI=1S/C20H24N4O3S2/c1-13(14-7-9-15(10-8-14)29(22,26)27)23-12-19(25)24-20-17(11-21)16-5-3-2-4-6-18(16)28-20/h7-10,13,23H,2-6,12H2,1H3,(H,24,25)(H2,22,26,27)/t13-/m0/s1. The summed E-state index contributed by atoms with van der Waals surface area (Å²) in [4.78, 5) is 13.7. The summed E-state index contributed by atoms with van der Waals surface area (Å²) >= 11 is 1.51. The molecule has 3 rings (SSSR count). The Hall–Kier alpha value is -2.25. The molecule has 0 saturated carbocycles. The van der Waals surface area contributed by atoms with Crippen molar-refractivity contribution in [1.29, 1.82) is 5.26 Å². The number of carbonyl (C=O) groups is 1. The fourth-order valence-electron chi connectivity index (χ4n) is 3.43. The zero-order valence-electron chi connectivity index (χ0n) is 16.2. The molecule has 7 nitrogen and oxygen atoms in total. The first kappa shape index (κ1) is 21.5. The number of benzene rings is 1. The molecule has 0 spiro atoms. The first-order chi connectivity index (χ1) is 13.8. The average Bonchev–Trinajstić information content (AvgIpc) is 2.84. The molecule has 1 aliphatic rings. The summed E-state index contributed by atoms with van der Waals surface area (Å²) < 4.78 is 22.7. The number of hydrogen-bond donors (Lipinski definition) is 3. The van der Waals surface area contributed by atoms with Gasteiger partial charge in [0.25, 0.3) is 0 Å². The zero-order valence-corrected chi connectivity index (χ0v) is 17.8. The maximum absolute atomic E-state index is 12.4. The van der Waals surface area contributed by atoms with Crippen LogP contribution in [0.1, 0.15) is 53.8 Å². The van der Waals surface area contributed by atoms with Gasteiger partial charge in [-0.3, -0.25) is 4.79 Å². The second-order valence-corrected chi connectivity index (χ2v) is 9.81. The van der Waals surface area contributed by atoms with Crippen molar-refractivity contribution in [2.45, 2.75) is 50.0 Å². The van der Waals surface area contributed by atoms with E-state index >= 15 is 0 Å². The van der Waals surface area contributed by atoms with Gasteiger partial charge in [-0.15, -0.1) is 11.3 Å². The van der Waals surface area contributed by atoms with Crippen molar-refractivity contribution in [3.05, 3.63) is 45.8 Å². The summed E-state index contributed by atoms with van der Waals surface area (Å²) in [5, 5.41) is 21.3. The van der Waals surface area contributed by atoms with Gasteiger partial charge in [-0.25, -0.2) is 13.6 Å². The highest BCUT2D eigenvalue weighted by Crippen LogP contribution is 2.36. The third-order valence-electron chi connectivity index (χ3n) is 5.06. The van der Waals surface area contributed by atoms with Crippen molar-refractivity contribution in [3.63, 3.8) is 0 Å². The smallest absolute Gasteiger partial charge is 0.238 e. The molecule has 0 bridgehead atoms. The molecule has 1 atom stereocenters. The van der Waals surface area contributed by atoms with Gasteiger partial charge >= 0.3 is 0 Å². The second-order valence-electron chi connectivity index (χ2n) is 7.15. The van der Waals surface area contributed by atoms with E-state index in [-0.39, 0.29) is 23.4 Å². The molecule has 0 unspecified atom stereocenters. The Morgan fingerprint density at radius 3 is 2.59 bits per heavy atom. The summed E-state index contributed by atoms with van der Waals surface area (Å²) in [5.41, 5.74) is 2.54. The van der Waals surface area contributed by atoms with Crippen molar-refractivity contribution < 1.29 is 13.2 Å². The molecule has 9 heteroatoms. The number of sulfonamides is 1. The van der Waals surface area contributed by atoms with Crippen molar-refractivity contribution in [1.82, 2.24) is 5.32 Å². The van der Waals surface area contributed by atoms with Gasteiger partial charge in [0.1, 0.15) is 11.1 Å². The van der Waals surface area contributed by atoms with Crippen LogP contribution in [0.5, 0.6) is 0 Å². The Morgan fingerprint density at radius 1 is 1.24 bits per heavy atom. The lowest BCUT2D eigenvalue weighted by Gasteiger charge is -2.14. The molecule has 0 fully saturated rings. The third-order valence-corrected chi connectivity index (χ3v) is 7.20. The summed E-state index contributed by atoms with van der Waals surface area (Å²) in [5.74, 6) is -0.217. The van der Waals surface area contributed by atoms with Gasteiger partial charge < -0.3 is 10.6 Å². The fraction of sp³-hybridized carbons (Fsp3) is 0.400. The number of aryl methyl sites for hydroxylation is 1. The lowest BCUT2D eigenvalue weighted by atomic mass is 10.1. The number of nitriles is 1. The molecule has 1 aliphatic carbocycles. The van der Waals surface area contributed by atoms with Crippen LogP contribution in [0.15, 0.2) is 29.2 Å². The van der Waals surface area contributed by atoms with E-state index in [1.807, 2.05) is 6.92 Å². The summed E-state index contributed by atoms with van der Waals surface area (Å²) in [6.07, 6.45) is 5.24. The van der Waals surface area contributed by atoms with Gasteiger partial charge in [-0.1, -0.05) is 18.6 Å². The number of thiophene rings is 1. The van der Waals surface area contributed by atoms with Crippen LogP contribution in [0.25, 0.3) is 0 Å². The minimum atomic E-state index is -3.73. The van der Waals surface area contributed by atoms with Crippen molar-refractivity contribution >= 4 is 32.3 Å². The molecule has 1 heterocycles. The molecule has 4 N–H and O–H groups in total. The SMILES string of the molecule is C[C@H](NCC(=O)Nc1sc2c(c1C#N)CCCCC2)c1ccc(S(N)(=O)=O)cc1.